The second-order valence-corrected chi connectivity index (χ2v) is 6.66. The molecule has 0 saturated carbocycles. The average Bonchev–Trinajstić information content (AvgIpc) is 3.11. The van der Waals surface area contributed by atoms with Gasteiger partial charge in [-0.15, -0.1) is 0 Å². The van der Waals surface area contributed by atoms with E-state index in [2.05, 4.69) is 15.3 Å². The molecule has 2 aromatic carbocycles. The van der Waals surface area contributed by atoms with E-state index in [0.717, 1.165) is 11.3 Å². The van der Waals surface area contributed by atoms with Gasteiger partial charge >= 0.3 is 0 Å². The zero-order chi connectivity index (χ0) is 21.0. The summed E-state index contributed by atoms with van der Waals surface area (Å²) in [6.45, 7) is 0. The molecule has 8 nitrogen and oxygen atoms in total. The standard InChI is InChI=1S/C20H23N5O3S/c1-24(2)15-9-6-13(7-10-15)19-22-23-20(29)25(19)21-12-14-8-11-16(26-3)18(28-5)17(14)27-4/h6-12H,1-5H3,(H,23,29)/b21-12-. The summed E-state index contributed by atoms with van der Waals surface area (Å²) in [6, 6.07) is 11.6. The van der Waals surface area contributed by atoms with E-state index in [1.807, 2.05) is 49.3 Å². The molecule has 0 fully saturated rings. The van der Waals surface area contributed by atoms with Gasteiger partial charge in [0.15, 0.2) is 17.3 Å². The molecule has 1 aromatic heterocycles. The van der Waals surface area contributed by atoms with Crippen LogP contribution < -0.4 is 19.1 Å². The van der Waals surface area contributed by atoms with Crippen molar-refractivity contribution in [1.82, 2.24) is 14.9 Å². The van der Waals surface area contributed by atoms with Crippen LogP contribution in [0.25, 0.3) is 11.4 Å². The minimum Gasteiger partial charge on any atom is -0.493 e. The Hall–Kier alpha value is -3.33. The Bertz CT molecular complexity index is 1070. The lowest BCUT2D eigenvalue weighted by Gasteiger charge is -2.13. The highest BCUT2D eigenvalue weighted by molar-refractivity contribution is 7.71. The van der Waals surface area contributed by atoms with Gasteiger partial charge in [0, 0.05) is 30.9 Å². The van der Waals surface area contributed by atoms with Gasteiger partial charge in [-0.25, -0.2) is 5.10 Å². The Labute approximate surface area is 174 Å². The molecule has 29 heavy (non-hydrogen) atoms. The van der Waals surface area contributed by atoms with Crippen molar-refractivity contribution in [1.29, 1.82) is 0 Å². The maximum atomic E-state index is 5.50. The van der Waals surface area contributed by atoms with Crippen molar-refractivity contribution >= 4 is 24.1 Å². The summed E-state index contributed by atoms with van der Waals surface area (Å²) in [4.78, 5) is 2.03. The Balaban J connectivity index is 2.01. The molecule has 0 radical (unpaired) electrons. The van der Waals surface area contributed by atoms with Crippen LogP contribution in [-0.4, -0.2) is 56.5 Å². The van der Waals surface area contributed by atoms with Crippen LogP contribution in [0, 0.1) is 4.77 Å². The molecule has 3 rings (SSSR count). The van der Waals surface area contributed by atoms with Crippen molar-refractivity contribution in [3.05, 3.63) is 46.7 Å². The van der Waals surface area contributed by atoms with Crippen LogP contribution in [0.5, 0.6) is 17.2 Å². The summed E-state index contributed by atoms with van der Waals surface area (Å²) in [5.74, 6) is 2.19. The first-order chi connectivity index (χ1) is 14.0. The van der Waals surface area contributed by atoms with Gasteiger partial charge in [-0.1, -0.05) is 0 Å². The van der Waals surface area contributed by atoms with Crippen molar-refractivity contribution in [2.24, 2.45) is 5.10 Å². The maximum Gasteiger partial charge on any atom is 0.216 e. The zero-order valence-electron chi connectivity index (χ0n) is 17.0. The average molecular weight is 414 g/mol. The zero-order valence-corrected chi connectivity index (χ0v) is 17.8. The number of benzene rings is 2. The van der Waals surface area contributed by atoms with Crippen LogP contribution in [0.1, 0.15) is 5.56 Å². The van der Waals surface area contributed by atoms with Gasteiger partial charge in [-0.2, -0.15) is 14.9 Å². The predicted molar refractivity (Wildman–Crippen MR) is 116 cm³/mol. The van der Waals surface area contributed by atoms with Gasteiger partial charge in [0.2, 0.25) is 10.5 Å². The second-order valence-electron chi connectivity index (χ2n) is 6.27. The van der Waals surface area contributed by atoms with Gasteiger partial charge < -0.3 is 19.1 Å². The highest BCUT2D eigenvalue weighted by atomic mass is 32.1. The molecular weight excluding hydrogens is 390 g/mol. The Morgan fingerprint density at radius 3 is 2.28 bits per heavy atom. The Morgan fingerprint density at radius 2 is 1.69 bits per heavy atom. The number of aromatic nitrogens is 3. The van der Waals surface area contributed by atoms with Crippen molar-refractivity contribution in [2.45, 2.75) is 0 Å². The fraction of sp³-hybridized carbons (Fsp3) is 0.250. The number of ether oxygens (including phenoxy) is 3. The molecule has 0 saturated heterocycles. The van der Waals surface area contributed by atoms with E-state index < -0.39 is 0 Å². The molecule has 0 bridgehead atoms. The number of rotatable bonds is 7. The van der Waals surface area contributed by atoms with E-state index in [1.165, 1.54) is 0 Å². The first-order valence-electron chi connectivity index (χ1n) is 8.78. The van der Waals surface area contributed by atoms with Crippen LogP contribution in [0.3, 0.4) is 0 Å². The normalized spacial score (nSPS) is 10.9. The maximum absolute atomic E-state index is 5.50. The van der Waals surface area contributed by atoms with Gasteiger partial charge in [-0.3, -0.25) is 0 Å². The van der Waals surface area contributed by atoms with Gasteiger partial charge in [0.25, 0.3) is 0 Å². The molecule has 0 aliphatic heterocycles. The largest absolute Gasteiger partial charge is 0.493 e. The number of hydrogen-bond acceptors (Lipinski definition) is 7. The Kier molecular flexibility index (Phi) is 6.18. The summed E-state index contributed by atoms with van der Waals surface area (Å²) >= 11 is 5.35. The van der Waals surface area contributed by atoms with Crippen molar-refractivity contribution in [2.75, 3.05) is 40.3 Å². The first-order valence-corrected chi connectivity index (χ1v) is 9.19. The summed E-state index contributed by atoms with van der Waals surface area (Å²) in [7, 11) is 8.68. The van der Waals surface area contributed by atoms with E-state index in [-0.39, 0.29) is 0 Å². The lowest BCUT2D eigenvalue weighted by Crippen LogP contribution is -2.08. The van der Waals surface area contributed by atoms with Crippen LogP contribution in [0.4, 0.5) is 5.69 Å². The monoisotopic (exact) mass is 413 g/mol. The number of anilines is 1. The van der Waals surface area contributed by atoms with Gasteiger partial charge in [0.1, 0.15) is 0 Å². The molecule has 1 N–H and O–H groups in total. The predicted octanol–water partition coefficient (Wildman–Crippen LogP) is 3.58. The molecule has 1 heterocycles. The van der Waals surface area contributed by atoms with Crippen LogP contribution in [-0.2, 0) is 0 Å². The van der Waals surface area contributed by atoms with E-state index >= 15 is 0 Å². The number of nitrogens with one attached hydrogen (secondary N) is 1. The fourth-order valence-electron chi connectivity index (χ4n) is 2.84. The molecule has 0 atom stereocenters. The summed E-state index contributed by atoms with van der Waals surface area (Å²) < 4.78 is 18.2. The molecule has 0 amide bonds. The number of aromatic amines is 1. The van der Waals surface area contributed by atoms with Crippen LogP contribution in [0.15, 0.2) is 41.5 Å². The molecule has 0 spiro atoms. The first kappa shape index (κ1) is 20.4. The smallest absolute Gasteiger partial charge is 0.216 e. The molecule has 152 valence electrons. The molecule has 0 unspecified atom stereocenters. The quantitative estimate of drug-likeness (QED) is 0.471. The second kappa shape index (κ2) is 8.78. The minimum absolute atomic E-state index is 0.382. The molecule has 0 aliphatic rings. The Morgan fingerprint density at radius 1 is 1.00 bits per heavy atom. The summed E-state index contributed by atoms with van der Waals surface area (Å²) in [6.07, 6.45) is 1.64. The van der Waals surface area contributed by atoms with E-state index in [9.17, 15) is 0 Å². The molecule has 0 aliphatic carbocycles. The third kappa shape index (κ3) is 4.09. The lowest BCUT2D eigenvalue weighted by atomic mass is 10.2. The third-order valence-corrected chi connectivity index (χ3v) is 4.60. The van der Waals surface area contributed by atoms with Crippen LogP contribution in [0.2, 0.25) is 0 Å². The molecule has 3 aromatic rings. The van der Waals surface area contributed by atoms with Gasteiger partial charge in [0.05, 0.1) is 27.5 Å². The van der Waals surface area contributed by atoms with E-state index in [0.29, 0.717) is 33.4 Å². The summed E-state index contributed by atoms with van der Waals surface area (Å²) in [5.41, 5.74) is 2.69. The summed E-state index contributed by atoms with van der Waals surface area (Å²) in [5, 5.41) is 11.6. The van der Waals surface area contributed by atoms with Crippen molar-refractivity contribution in [3.63, 3.8) is 0 Å². The van der Waals surface area contributed by atoms with E-state index in [4.69, 9.17) is 26.4 Å². The highest BCUT2D eigenvalue weighted by Gasteiger charge is 2.15. The van der Waals surface area contributed by atoms with Crippen molar-refractivity contribution in [3.8, 4) is 28.6 Å². The lowest BCUT2D eigenvalue weighted by molar-refractivity contribution is 0.324. The highest BCUT2D eigenvalue weighted by Crippen LogP contribution is 2.39. The molecular formula is C20H23N5O3S. The van der Waals surface area contributed by atoms with Crippen molar-refractivity contribution < 1.29 is 14.2 Å². The number of nitrogens with zero attached hydrogens (tertiary/aromatic N) is 4. The fourth-order valence-corrected chi connectivity index (χ4v) is 3.02. The molecule has 9 heteroatoms. The number of H-pyrrole nitrogens is 1. The minimum atomic E-state index is 0.382. The van der Waals surface area contributed by atoms with Crippen LogP contribution >= 0.6 is 12.2 Å². The number of hydrogen-bond donors (Lipinski definition) is 1. The SMILES string of the molecule is COc1ccc(/C=N\n2c(-c3ccc(N(C)C)cc3)n[nH]c2=S)c(OC)c1OC. The van der Waals surface area contributed by atoms with Gasteiger partial charge in [-0.05, 0) is 48.6 Å². The third-order valence-electron chi connectivity index (χ3n) is 4.34. The topological polar surface area (TPSA) is 76.9 Å². The number of methoxy groups -OCH3 is 3. The van der Waals surface area contributed by atoms with E-state index in [1.54, 1.807) is 38.3 Å².